The molecule has 12 nitrogen and oxygen atoms in total. The Morgan fingerprint density at radius 3 is 2.37 bits per heavy atom. The first-order chi connectivity index (χ1) is 29.1. The molecule has 1 aliphatic heterocycles. The zero-order chi connectivity index (χ0) is 44.4. The van der Waals surface area contributed by atoms with Gasteiger partial charge in [0, 0.05) is 0 Å². The molecule has 0 radical (unpaired) electrons. The molecule has 0 aliphatic carbocycles. The van der Waals surface area contributed by atoms with Crippen LogP contribution in [-0.4, -0.2) is 100 Å². The van der Waals surface area contributed by atoms with E-state index in [9.17, 15) is 9.59 Å². The SMILES string of the molecule is [3H]PSO[C@H](C)[C@H](C)CCC(OC(=O)c1ccccc1)[C@H]1OC(C)(C)O[C@@H]1CCC([Se]c1ccccc1)c1cc(OCCN=[N-])cc(OCOC)c1C(=O)OCC[Si](C)(C)C. The summed E-state index contributed by atoms with van der Waals surface area (Å²) in [5.41, 5.74) is 10.6. The van der Waals surface area contributed by atoms with Crippen LogP contribution in [0.3, 0.4) is 0 Å². The number of hydrogen-bond donors (Lipinski definition) is 0. The van der Waals surface area contributed by atoms with Gasteiger partial charge in [0.05, 0.1) is 1.28 Å². The average molecular weight is 951 g/mol. The Morgan fingerprint density at radius 2 is 1.70 bits per heavy atom. The second-order valence-electron chi connectivity index (χ2n) is 16.5. The number of esters is 2. The summed E-state index contributed by atoms with van der Waals surface area (Å²) in [5.74, 6) is -1.10. The molecule has 0 saturated carbocycles. The van der Waals surface area contributed by atoms with Crippen LogP contribution in [0.25, 0.3) is 5.53 Å². The summed E-state index contributed by atoms with van der Waals surface area (Å²) < 4.78 is 57.5. The van der Waals surface area contributed by atoms with Crippen molar-refractivity contribution in [2.24, 2.45) is 11.0 Å². The molecule has 0 amide bonds. The van der Waals surface area contributed by atoms with Crippen molar-refractivity contribution in [3.05, 3.63) is 95.0 Å². The number of carbonyl (C=O) groups excluding carboxylic acids is 2. The summed E-state index contributed by atoms with van der Waals surface area (Å²) >= 11 is 0.917. The molecule has 3 aromatic carbocycles. The van der Waals surface area contributed by atoms with Crippen LogP contribution in [0.5, 0.6) is 11.5 Å². The van der Waals surface area contributed by atoms with Gasteiger partial charge in [0.2, 0.25) is 0 Å². The average Bonchev–Trinajstić information content (AvgIpc) is 3.55. The summed E-state index contributed by atoms with van der Waals surface area (Å²) in [6.45, 7) is 14.8. The Morgan fingerprint density at radius 1 is 0.983 bits per heavy atom. The van der Waals surface area contributed by atoms with Gasteiger partial charge < -0.3 is 0 Å². The minimum absolute atomic E-state index is 0.0584. The van der Waals surface area contributed by atoms with Crippen LogP contribution in [0.4, 0.5) is 0 Å². The molecular weight excluding hydrogens is 887 g/mol. The number of methoxy groups -OCH3 is 1. The van der Waals surface area contributed by atoms with E-state index in [-0.39, 0.29) is 72.5 Å². The molecule has 60 heavy (non-hydrogen) atoms. The van der Waals surface area contributed by atoms with Gasteiger partial charge in [0.25, 0.3) is 0 Å². The van der Waals surface area contributed by atoms with E-state index in [1.54, 1.807) is 30.3 Å². The van der Waals surface area contributed by atoms with Crippen LogP contribution in [0, 0.1) is 5.92 Å². The number of carbonyl (C=O) groups is 2. The van der Waals surface area contributed by atoms with E-state index in [1.807, 2.05) is 51.1 Å². The molecule has 0 bridgehead atoms. The van der Waals surface area contributed by atoms with Crippen LogP contribution < -0.4 is 13.9 Å². The van der Waals surface area contributed by atoms with E-state index in [0.717, 1.165) is 22.2 Å². The molecular formula is C44H62N2O10PSSeSi-. The first kappa shape index (κ1) is 48.2. The van der Waals surface area contributed by atoms with Gasteiger partial charge in [0.1, 0.15) is 0 Å². The molecule has 0 spiro atoms. The number of rotatable bonds is 27. The van der Waals surface area contributed by atoms with Crippen LogP contribution in [0.15, 0.2) is 77.9 Å². The second-order valence-corrected chi connectivity index (χ2v) is 25.6. The van der Waals surface area contributed by atoms with Crippen molar-refractivity contribution in [2.45, 2.75) is 114 Å². The molecule has 4 rings (SSSR count). The van der Waals surface area contributed by atoms with Crippen LogP contribution in [0.2, 0.25) is 25.7 Å². The maximum atomic E-state index is 14.3. The van der Waals surface area contributed by atoms with Crippen LogP contribution >= 0.6 is 20.0 Å². The van der Waals surface area contributed by atoms with Gasteiger partial charge in [-0.1, -0.05) is 0 Å². The summed E-state index contributed by atoms with van der Waals surface area (Å²) in [7, 11) is -0.149. The van der Waals surface area contributed by atoms with Crippen LogP contribution in [-0.2, 0) is 27.9 Å². The van der Waals surface area contributed by atoms with Crippen molar-refractivity contribution in [3.8, 4) is 11.5 Å². The Balaban J connectivity index is 1.75. The maximum absolute atomic E-state index is 14.3. The molecule has 330 valence electrons. The molecule has 1 heterocycles. The molecule has 3 unspecified atom stereocenters. The first-order valence-electron chi connectivity index (χ1n) is 20.9. The fraction of sp³-hybridized carbons (Fsp3) is 0.545. The Bertz CT molecular complexity index is 1820. The van der Waals surface area contributed by atoms with Gasteiger partial charge in [-0.25, -0.2) is 0 Å². The van der Waals surface area contributed by atoms with E-state index in [2.05, 4.69) is 43.8 Å². The topological polar surface area (TPSA) is 143 Å². The second kappa shape index (κ2) is 24.7. The van der Waals surface area contributed by atoms with Gasteiger partial charge >= 0.3 is 363 Å². The summed E-state index contributed by atoms with van der Waals surface area (Å²) in [6.07, 6.45) is 0.350. The summed E-state index contributed by atoms with van der Waals surface area (Å²) in [5, 5.41) is 3.21. The zero-order valence-electron chi connectivity index (χ0n) is 37.0. The van der Waals surface area contributed by atoms with Crippen molar-refractivity contribution >= 4 is 59.5 Å². The van der Waals surface area contributed by atoms with E-state index in [0.29, 0.717) is 48.1 Å². The predicted octanol–water partition coefficient (Wildman–Crippen LogP) is 9.42. The van der Waals surface area contributed by atoms with Gasteiger partial charge in [-0.2, -0.15) is 0 Å². The van der Waals surface area contributed by atoms with Gasteiger partial charge in [-0.05, 0) is 8.39 Å². The quantitative estimate of drug-likeness (QED) is 0.0137. The fourth-order valence-electron chi connectivity index (χ4n) is 6.69. The standard InChI is InChI=1S/C44H62N2O10PSSeSi/c1-30(31(2)56-58-57)19-20-36(53-42(47)32-15-11-9-12-16-32)41-37(54-44(3,4)55-41)21-22-39(59-34-17-13-10-14-18-34)35-27-33(50-24-23-46-45)28-38(52-29-49-5)40(35)43(48)51-25-26-60(6,7)8/h9-18,27-28,30-31,36-37,39,41H,19-26,29,57H2,1-8H3/q-1/t30-,31-,36?,37-,39?,41-/m1/s1/i57T/t30-,31-,36?,37-,39?,41-,57?. The molecule has 1 saturated heterocycles. The van der Waals surface area contributed by atoms with Crippen molar-refractivity contribution in [1.82, 2.24) is 0 Å². The molecule has 3 aromatic rings. The molecule has 16 heteroatoms. The van der Waals surface area contributed by atoms with E-state index >= 15 is 0 Å². The number of ether oxygens (including phenoxy) is 7. The van der Waals surface area contributed by atoms with Crippen molar-refractivity contribution < 1.29 is 46.9 Å². The summed E-state index contributed by atoms with van der Waals surface area (Å²) in [4.78, 5) is 27.7. The van der Waals surface area contributed by atoms with Gasteiger partial charge in [-0.15, -0.1) is 0 Å². The third-order valence-corrected chi connectivity index (χ3v) is 15.2. The Kier molecular flexibility index (Phi) is 19.8. The molecule has 7 atom stereocenters. The van der Waals surface area contributed by atoms with Crippen molar-refractivity contribution in [3.63, 3.8) is 0 Å². The number of benzene rings is 3. The molecule has 1 aliphatic rings. The Hall–Kier alpha value is -2.84. The zero-order valence-corrected chi connectivity index (χ0v) is 40.6. The fourth-order valence-corrected chi connectivity index (χ4v) is 10.7. The molecule has 0 N–H and O–H groups in total. The third kappa shape index (κ3) is 16.1. The van der Waals surface area contributed by atoms with Crippen molar-refractivity contribution in [2.75, 3.05) is 33.7 Å². The normalized spacial score (nSPS) is 18.6. The first-order valence-corrected chi connectivity index (χ1v) is 27.9. The molecule has 1 fully saturated rings. The van der Waals surface area contributed by atoms with Gasteiger partial charge in [0.15, 0.2) is 0 Å². The van der Waals surface area contributed by atoms with Crippen LogP contribution in [0.1, 0.15) is 84.5 Å². The minimum atomic E-state index is -1.53. The number of nitrogens with zero attached hydrogens (tertiary/aromatic N) is 2. The summed E-state index contributed by atoms with van der Waals surface area (Å²) in [6, 6.07) is 23.4. The van der Waals surface area contributed by atoms with E-state index < -0.39 is 44.1 Å². The molecule has 0 aromatic heterocycles. The predicted molar refractivity (Wildman–Crippen MR) is 243 cm³/mol. The Labute approximate surface area is 371 Å². The van der Waals surface area contributed by atoms with E-state index in [4.69, 9.17) is 44.2 Å². The van der Waals surface area contributed by atoms with E-state index in [1.165, 1.54) is 7.11 Å². The number of hydrogen-bond acceptors (Lipinski definition) is 12. The monoisotopic (exact) mass is 951 g/mol. The van der Waals surface area contributed by atoms with Gasteiger partial charge in [-0.3, -0.25) is 0 Å². The third-order valence-electron chi connectivity index (χ3n) is 10.0. The van der Waals surface area contributed by atoms with Crippen molar-refractivity contribution in [1.29, 1.82) is 1.28 Å².